The Morgan fingerprint density at radius 3 is 2.40 bits per heavy atom. The van der Waals surface area contributed by atoms with Gasteiger partial charge in [-0.3, -0.25) is 9.59 Å². The van der Waals surface area contributed by atoms with Crippen molar-refractivity contribution in [1.82, 2.24) is 4.90 Å². The fraction of sp³-hybridized carbons (Fsp3) is 0.300. The number of para-hydroxylation sites is 1. The Labute approximate surface area is 148 Å². The van der Waals surface area contributed by atoms with E-state index in [1.165, 1.54) is 11.8 Å². The number of anilines is 1. The quantitative estimate of drug-likeness (QED) is 0.843. The first-order chi connectivity index (χ1) is 12.0. The van der Waals surface area contributed by atoms with E-state index < -0.39 is 0 Å². The standard InChI is InChI=1S/C20H24N2O3/c1-15-8-10-18(11-9-15)21-20(24)14-22(16(2)23)13-12-17-6-4-5-7-19(17)25-3/h4-11H,12-14H2,1-3H3,(H,21,24). The minimum atomic E-state index is -0.209. The second kappa shape index (κ2) is 8.87. The summed E-state index contributed by atoms with van der Waals surface area (Å²) in [6.07, 6.45) is 0.626. The second-order valence-corrected chi connectivity index (χ2v) is 5.92. The van der Waals surface area contributed by atoms with Crippen LogP contribution in [0.15, 0.2) is 48.5 Å². The first-order valence-corrected chi connectivity index (χ1v) is 8.23. The molecule has 0 heterocycles. The van der Waals surface area contributed by atoms with Crippen LogP contribution in [0.5, 0.6) is 5.75 Å². The lowest BCUT2D eigenvalue weighted by Crippen LogP contribution is -2.38. The van der Waals surface area contributed by atoms with Crippen molar-refractivity contribution in [2.45, 2.75) is 20.3 Å². The average Bonchev–Trinajstić information content (AvgIpc) is 2.60. The molecule has 2 amide bonds. The van der Waals surface area contributed by atoms with Crippen LogP contribution in [0.25, 0.3) is 0 Å². The fourth-order valence-corrected chi connectivity index (χ4v) is 2.52. The highest BCUT2D eigenvalue weighted by molar-refractivity contribution is 5.94. The molecular weight excluding hydrogens is 316 g/mol. The van der Waals surface area contributed by atoms with Crippen LogP contribution in [0.3, 0.4) is 0 Å². The van der Waals surface area contributed by atoms with Crippen molar-refractivity contribution in [3.8, 4) is 5.75 Å². The van der Waals surface area contributed by atoms with Crippen LogP contribution < -0.4 is 10.1 Å². The van der Waals surface area contributed by atoms with Gasteiger partial charge < -0.3 is 15.0 Å². The maximum Gasteiger partial charge on any atom is 0.243 e. The minimum absolute atomic E-state index is 0.0261. The minimum Gasteiger partial charge on any atom is -0.496 e. The van der Waals surface area contributed by atoms with Gasteiger partial charge in [0.1, 0.15) is 5.75 Å². The van der Waals surface area contributed by atoms with Crippen molar-refractivity contribution in [2.24, 2.45) is 0 Å². The Bertz CT molecular complexity index is 726. The Balaban J connectivity index is 1.94. The predicted molar refractivity (Wildman–Crippen MR) is 98.8 cm³/mol. The third kappa shape index (κ3) is 5.64. The number of nitrogens with zero attached hydrogens (tertiary/aromatic N) is 1. The zero-order valence-corrected chi connectivity index (χ0v) is 14.9. The highest BCUT2D eigenvalue weighted by Crippen LogP contribution is 2.18. The number of amides is 2. The van der Waals surface area contributed by atoms with E-state index in [-0.39, 0.29) is 18.4 Å². The monoisotopic (exact) mass is 340 g/mol. The Morgan fingerprint density at radius 1 is 1.08 bits per heavy atom. The Morgan fingerprint density at radius 2 is 1.76 bits per heavy atom. The second-order valence-electron chi connectivity index (χ2n) is 5.92. The summed E-state index contributed by atoms with van der Waals surface area (Å²) in [5, 5.41) is 2.82. The first-order valence-electron chi connectivity index (χ1n) is 8.23. The van der Waals surface area contributed by atoms with Gasteiger partial charge in [-0.25, -0.2) is 0 Å². The van der Waals surface area contributed by atoms with Gasteiger partial charge in [0.25, 0.3) is 0 Å². The topological polar surface area (TPSA) is 58.6 Å². The number of ether oxygens (including phenoxy) is 1. The number of hydrogen-bond acceptors (Lipinski definition) is 3. The average molecular weight is 340 g/mol. The molecule has 0 saturated heterocycles. The van der Waals surface area contributed by atoms with Gasteiger partial charge in [-0.15, -0.1) is 0 Å². The van der Waals surface area contributed by atoms with Gasteiger partial charge in [0.05, 0.1) is 13.7 Å². The number of rotatable bonds is 7. The van der Waals surface area contributed by atoms with E-state index in [1.807, 2.05) is 55.5 Å². The molecule has 0 fully saturated rings. The summed E-state index contributed by atoms with van der Waals surface area (Å²) < 4.78 is 5.33. The van der Waals surface area contributed by atoms with Crippen molar-refractivity contribution in [3.63, 3.8) is 0 Å². The summed E-state index contributed by atoms with van der Waals surface area (Å²) in [6, 6.07) is 15.2. The van der Waals surface area contributed by atoms with Crippen LogP contribution in [0, 0.1) is 6.92 Å². The zero-order chi connectivity index (χ0) is 18.2. The Kier molecular flexibility index (Phi) is 6.57. The van der Waals surface area contributed by atoms with Gasteiger partial charge in [0.15, 0.2) is 0 Å². The molecule has 0 aromatic heterocycles. The smallest absolute Gasteiger partial charge is 0.243 e. The number of carbonyl (C=O) groups excluding carboxylic acids is 2. The molecule has 0 unspecified atom stereocenters. The number of aryl methyl sites for hydroxylation is 1. The van der Waals surface area contributed by atoms with Crippen LogP contribution in [-0.4, -0.2) is 36.9 Å². The summed E-state index contributed by atoms with van der Waals surface area (Å²) >= 11 is 0. The summed E-state index contributed by atoms with van der Waals surface area (Å²) in [6.45, 7) is 3.94. The molecule has 2 aromatic carbocycles. The third-order valence-electron chi connectivity index (χ3n) is 3.96. The van der Waals surface area contributed by atoms with Gasteiger partial charge in [0.2, 0.25) is 11.8 Å². The molecule has 0 saturated carbocycles. The molecule has 0 aliphatic carbocycles. The maximum atomic E-state index is 12.2. The number of methoxy groups -OCH3 is 1. The zero-order valence-electron chi connectivity index (χ0n) is 14.9. The maximum absolute atomic E-state index is 12.2. The largest absolute Gasteiger partial charge is 0.496 e. The molecule has 0 aliphatic heterocycles. The van der Waals surface area contributed by atoms with Crippen molar-refractivity contribution in [2.75, 3.05) is 25.5 Å². The van der Waals surface area contributed by atoms with E-state index >= 15 is 0 Å². The van der Waals surface area contributed by atoms with Crippen LogP contribution in [0.4, 0.5) is 5.69 Å². The molecule has 0 bridgehead atoms. The highest BCUT2D eigenvalue weighted by Gasteiger charge is 2.14. The summed E-state index contributed by atoms with van der Waals surface area (Å²) in [5.41, 5.74) is 2.86. The molecule has 0 aliphatic rings. The van der Waals surface area contributed by atoms with Crippen molar-refractivity contribution < 1.29 is 14.3 Å². The van der Waals surface area contributed by atoms with Gasteiger partial charge in [-0.05, 0) is 37.1 Å². The summed E-state index contributed by atoms with van der Waals surface area (Å²) in [5.74, 6) is 0.447. The molecule has 25 heavy (non-hydrogen) atoms. The number of nitrogens with one attached hydrogen (secondary N) is 1. The van der Waals surface area contributed by atoms with E-state index in [9.17, 15) is 9.59 Å². The normalized spacial score (nSPS) is 10.2. The lowest BCUT2D eigenvalue weighted by atomic mass is 10.1. The molecule has 2 rings (SSSR count). The molecule has 2 aromatic rings. The van der Waals surface area contributed by atoms with Crippen molar-refractivity contribution in [1.29, 1.82) is 0 Å². The molecule has 5 nitrogen and oxygen atoms in total. The highest BCUT2D eigenvalue weighted by atomic mass is 16.5. The summed E-state index contributed by atoms with van der Waals surface area (Å²) in [7, 11) is 1.62. The van der Waals surface area contributed by atoms with E-state index in [4.69, 9.17) is 4.74 Å². The van der Waals surface area contributed by atoms with Gasteiger partial charge in [-0.1, -0.05) is 35.9 Å². The third-order valence-corrected chi connectivity index (χ3v) is 3.96. The van der Waals surface area contributed by atoms with Gasteiger partial charge in [0, 0.05) is 19.2 Å². The van der Waals surface area contributed by atoms with Crippen LogP contribution in [0.2, 0.25) is 0 Å². The predicted octanol–water partition coefficient (Wildman–Crippen LogP) is 3.03. The number of carbonyl (C=O) groups is 2. The summed E-state index contributed by atoms with van der Waals surface area (Å²) in [4.78, 5) is 25.6. The fourth-order valence-electron chi connectivity index (χ4n) is 2.52. The van der Waals surface area contributed by atoms with E-state index in [2.05, 4.69) is 5.32 Å². The van der Waals surface area contributed by atoms with Gasteiger partial charge in [-0.2, -0.15) is 0 Å². The molecule has 1 N–H and O–H groups in total. The number of benzene rings is 2. The molecule has 0 atom stereocenters. The van der Waals surface area contributed by atoms with Crippen LogP contribution in [0.1, 0.15) is 18.1 Å². The number of hydrogen-bond donors (Lipinski definition) is 1. The van der Waals surface area contributed by atoms with Crippen LogP contribution >= 0.6 is 0 Å². The molecule has 5 heteroatoms. The lowest BCUT2D eigenvalue weighted by molar-refractivity contribution is -0.132. The molecule has 0 radical (unpaired) electrons. The van der Waals surface area contributed by atoms with Gasteiger partial charge >= 0.3 is 0 Å². The molecule has 132 valence electrons. The van der Waals surface area contributed by atoms with Crippen molar-refractivity contribution >= 4 is 17.5 Å². The lowest BCUT2D eigenvalue weighted by Gasteiger charge is -2.21. The van der Waals surface area contributed by atoms with E-state index in [1.54, 1.807) is 7.11 Å². The molecule has 0 spiro atoms. The van der Waals surface area contributed by atoms with Crippen molar-refractivity contribution in [3.05, 3.63) is 59.7 Å². The Hall–Kier alpha value is -2.82. The molecular formula is C20H24N2O3. The first kappa shape index (κ1) is 18.5. The van der Waals surface area contributed by atoms with E-state index in [0.29, 0.717) is 13.0 Å². The van der Waals surface area contributed by atoms with E-state index in [0.717, 1.165) is 22.6 Å². The van der Waals surface area contributed by atoms with Crippen LogP contribution in [-0.2, 0) is 16.0 Å². The SMILES string of the molecule is COc1ccccc1CCN(CC(=O)Nc1ccc(C)cc1)C(C)=O.